The van der Waals surface area contributed by atoms with E-state index in [9.17, 15) is 4.79 Å². The Labute approximate surface area is 112 Å². The van der Waals surface area contributed by atoms with Gasteiger partial charge in [0.2, 0.25) is 5.91 Å². The summed E-state index contributed by atoms with van der Waals surface area (Å²) in [5.41, 5.74) is 7.23. The Morgan fingerprint density at radius 1 is 1.47 bits per heavy atom. The molecule has 0 radical (unpaired) electrons. The van der Waals surface area contributed by atoms with E-state index in [1.165, 1.54) is 0 Å². The number of nitrogens with one attached hydrogen (secondary N) is 1. The molecule has 1 heterocycles. The Morgan fingerprint density at radius 2 is 2.32 bits per heavy atom. The maximum atomic E-state index is 12.0. The monoisotopic (exact) mass is 258 g/mol. The number of carbonyl (C=O) groups excluding carboxylic acids is 1. The molecule has 3 N–H and O–H groups in total. The predicted octanol–water partition coefficient (Wildman–Crippen LogP) is 1.80. The van der Waals surface area contributed by atoms with Crippen molar-refractivity contribution in [2.45, 2.75) is 13.3 Å². The van der Waals surface area contributed by atoms with Gasteiger partial charge in [0.05, 0.1) is 11.6 Å². The number of benzene rings is 1. The number of rotatable bonds is 5. The van der Waals surface area contributed by atoms with Crippen molar-refractivity contribution in [3.05, 3.63) is 42.7 Å². The molecule has 1 amide bonds. The van der Waals surface area contributed by atoms with Crippen molar-refractivity contribution >= 4 is 11.6 Å². The highest BCUT2D eigenvalue weighted by molar-refractivity contribution is 5.92. The van der Waals surface area contributed by atoms with Gasteiger partial charge in [-0.15, -0.1) is 0 Å². The summed E-state index contributed by atoms with van der Waals surface area (Å²) in [5.74, 6) is -0.184. The molecule has 0 aliphatic rings. The standard InChI is InChI=1S/C14H18N4O/c1-2-11(10-15)14(19)17-12-5-3-6-13(9-12)18-8-4-7-16-18/h3-9,11H,2,10,15H2,1H3,(H,17,19). The Hall–Kier alpha value is -2.14. The number of amides is 1. The summed E-state index contributed by atoms with van der Waals surface area (Å²) in [4.78, 5) is 12.0. The van der Waals surface area contributed by atoms with Gasteiger partial charge in [-0.3, -0.25) is 4.79 Å². The number of nitrogens with two attached hydrogens (primary N) is 1. The van der Waals surface area contributed by atoms with Gasteiger partial charge < -0.3 is 11.1 Å². The number of hydrogen-bond donors (Lipinski definition) is 2. The number of hydrogen-bond acceptors (Lipinski definition) is 3. The van der Waals surface area contributed by atoms with Crippen molar-refractivity contribution in [3.63, 3.8) is 0 Å². The van der Waals surface area contributed by atoms with Crippen molar-refractivity contribution in [3.8, 4) is 5.69 Å². The van der Waals surface area contributed by atoms with Crippen molar-refractivity contribution in [1.82, 2.24) is 9.78 Å². The molecule has 0 aliphatic carbocycles. The summed E-state index contributed by atoms with van der Waals surface area (Å²) in [6.07, 6.45) is 4.31. The Balaban J connectivity index is 2.14. The van der Waals surface area contributed by atoms with E-state index in [1.54, 1.807) is 10.9 Å². The van der Waals surface area contributed by atoms with Crippen LogP contribution in [0.1, 0.15) is 13.3 Å². The first-order valence-corrected chi connectivity index (χ1v) is 6.35. The Morgan fingerprint density at radius 3 is 2.95 bits per heavy atom. The van der Waals surface area contributed by atoms with Crippen molar-refractivity contribution in [1.29, 1.82) is 0 Å². The number of anilines is 1. The van der Waals surface area contributed by atoms with Gasteiger partial charge in [0.25, 0.3) is 0 Å². The largest absolute Gasteiger partial charge is 0.330 e. The highest BCUT2D eigenvalue weighted by Gasteiger charge is 2.14. The van der Waals surface area contributed by atoms with Crippen LogP contribution in [0, 0.1) is 5.92 Å². The van der Waals surface area contributed by atoms with E-state index in [0.717, 1.165) is 17.8 Å². The fourth-order valence-electron chi connectivity index (χ4n) is 1.85. The first-order chi connectivity index (χ1) is 9.24. The molecule has 1 aromatic heterocycles. The van der Waals surface area contributed by atoms with Crippen molar-refractivity contribution in [2.24, 2.45) is 11.7 Å². The van der Waals surface area contributed by atoms with Crippen LogP contribution in [0.3, 0.4) is 0 Å². The van der Waals surface area contributed by atoms with Crippen molar-refractivity contribution < 1.29 is 4.79 Å². The van der Waals surface area contributed by atoms with E-state index in [2.05, 4.69) is 10.4 Å². The summed E-state index contributed by atoms with van der Waals surface area (Å²) < 4.78 is 1.75. The second-order valence-corrected chi connectivity index (χ2v) is 4.33. The highest BCUT2D eigenvalue weighted by Crippen LogP contribution is 2.15. The fraction of sp³-hybridized carbons (Fsp3) is 0.286. The van der Waals surface area contributed by atoms with Gasteiger partial charge in [0.1, 0.15) is 0 Å². The minimum atomic E-state index is -0.145. The number of aromatic nitrogens is 2. The predicted molar refractivity (Wildman–Crippen MR) is 75.0 cm³/mol. The van der Waals surface area contributed by atoms with Crippen LogP contribution < -0.4 is 11.1 Å². The molecule has 19 heavy (non-hydrogen) atoms. The molecular weight excluding hydrogens is 240 g/mol. The summed E-state index contributed by atoms with van der Waals surface area (Å²) in [6.45, 7) is 2.32. The third-order valence-electron chi connectivity index (χ3n) is 3.03. The Bertz CT molecular complexity index is 532. The number of nitrogens with zero attached hydrogens (tertiary/aromatic N) is 2. The minimum absolute atomic E-state index is 0.0392. The molecule has 1 unspecified atom stereocenters. The molecule has 2 aromatic rings. The zero-order chi connectivity index (χ0) is 13.7. The second-order valence-electron chi connectivity index (χ2n) is 4.33. The van der Waals surface area contributed by atoms with Crippen LogP contribution in [0.15, 0.2) is 42.7 Å². The van der Waals surface area contributed by atoms with Gasteiger partial charge in [-0.1, -0.05) is 13.0 Å². The van der Waals surface area contributed by atoms with Gasteiger partial charge in [0.15, 0.2) is 0 Å². The first-order valence-electron chi connectivity index (χ1n) is 6.35. The third kappa shape index (κ3) is 3.20. The lowest BCUT2D eigenvalue weighted by molar-refractivity contribution is -0.119. The second kappa shape index (κ2) is 6.15. The summed E-state index contributed by atoms with van der Waals surface area (Å²) >= 11 is 0. The molecule has 0 aliphatic heterocycles. The Kier molecular flexibility index (Phi) is 4.30. The molecular formula is C14H18N4O. The van der Waals surface area contributed by atoms with E-state index >= 15 is 0 Å². The topological polar surface area (TPSA) is 72.9 Å². The van der Waals surface area contributed by atoms with E-state index in [1.807, 2.05) is 43.5 Å². The fourth-order valence-corrected chi connectivity index (χ4v) is 1.85. The normalized spacial score (nSPS) is 12.1. The smallest absolute Gasteiger partial charge is 0.228 e. The third-order valence-corrected chi connectivity index (χ3v) is 3.03. The van der Waals surface area contributed by atoms with E-state index in [0.29, 0.717) is 6.54 Å². The van der Waals surface area contributed by atoms with Crippen LogP contribution in [0.25, 0.3) is 5.69 Å². The summed E-state index contributed by atoms with van der Waals surface area (Å²) in [5, 5.41) is 7.04. The van der Waals surface area contributed by atoms with Crippen LogP contribution in [0.2, 0.25) is 0 Å². The van der Waals surface area contributed by atoms with Crippen LogP contribution in [-0.4, -0.2) is 22.2 Å². The average molecular weight is 258 g/mol. The minimum Gasteiger partial charge on any atom is -0.330 e. The molecule has 1 aromatic carbocycles. The van der Waals surface area contributed by atoms with Gasteiger partial charge in [-0.2, -0.15) is 5.10 Å². The van der Waals surface area contributed by atoms with E-state index < -0.39 is 0 Å². The molecule has 5 nitrogen and oxygen atoms in total. The van der Waals surface area contributed by atoms with E-state index in [-0.39, 0.29) is 11.8 Å². The lowest BCUT2D eigenvalue weighted by Crippen LogP contribution is -2.28. The summed E-state index contributed by atoms with van der Waals surface area (Å²) in [7, 11) is 0. The lowest BCUT2D eigenvalue weighted by Gasteiger charge is -2.13. The summed E-state index contributed by atoms with van der Waals surface area (Å²) in [6, 6.07) is 9.41. The van der Waals surface area contributed by atoms with Crippen LogP contribution in [0.4, 0.5) is 5.69 Å². The van der Waals surface area contributed by atoms with Gasteiger partial charge >= 0.3 is 0 Å². The lowest BCUT2D eigenvalue weighted by atomic mass is 10.1. The van der Waals surface area contributed by atoms with Gasteiger partial charge in [0, 0.05) is 24.6 Å². The van der Waals surface area contributed by atoms with E-state index in [4.69, 9.17) is 5.73 Å². The molecule has 0 bridgehead atoms. The maximum Gasteiger partial charge on any atom is 0.228 e. The van der Waals surface area contributed by atoms with Gasteiger partial charge in [-0.25, -0.2) is 4.68 Å². The maximum absolute atomic E-state index is 12.0. The highest BCUT2D eigenvalue weighted by atomic mass is 16.1. The van der Waals surface area contributed by atoms with Crippen molar-refractivity contribution in [2.75, 3.05) is 11.9 Å². The molecule has 2 rings (SSSR count). The first kappa shape index (κ1) is 13.3. The van der Waals surface area contributed by atoms with Crippen LogP contribution in [-0.2, 0) is 4.79 Å². The molecule has 0 saturated carbocycles. The molecule has 5 heteroatoms. The zero-order valence-electron chi connectivity index (χ0n) is 10.9. The number of carbonyl (C=O) groups is 1. The molecule has 0 fully saturated rings. The van der Waals surface area contributed by atoms with Gasteiger partial charge in [-0.05, 0) is 30.7 Å². The molecule has 100 valence electrons. The molecule has 1 atom stereocenters. The van der Waals surface area contributed by atoms with Crippen LogP contribution >= 0.6 is 0 Å². The molecule has 0 spiro atoms. The zero-order valence-corrected chi connectivity index (χ0v) is 10.9. The van der Waals surface area contributed by atoms with Crippen LogP contribution in [0.5, 0.6) is 0 Å². The SMILES string of the molecule is CCC(CN)C(=O)Nc1cccc(-n2cccn2)c1. The average Bonchev–Trinajstić information content (AvgIpc) is 2.94. The molecule has 0 saturated heterocycles. The quantitative estimate of drug-likeness (QED) is 0.858.